The Hall–Kier alpha value is -1.00. The first-order valence-electron chi connectivity index (χ1n) is 9.42. The van der Waals surface area contributed by atoms with E-state index in [1.807, 2.05) is 18.2 Å². The molecule has 1 aromatic carbocycles. The minimum atomic E-state index is -0.0122. The number of piperidine rings is 1. The summed E-state index contributed by atoms with van der Waals surface area (Å²) in [6.07, 6.45) is 4.67. The smallest absolute Gasteiger partial charge is 0.227 e. The van der Waals surface area contributed by atoms with Gasteiger partial charge >= 0.3 is 0 Å². The topological polar surface area (TPSA) is 32.3 Å². The molecule has 3 nitrogen and oxygen atoms in total. The van der Waals surface area contributed by atoms with E-state index in [9.17, 15) is 4.79 Å². The standard InChI is InChI=1S/C20H30N2OS/c1-2-19(17-6-4-3-5-7-17)20(23)21-14-16-8-11-22(12-9-16)18-10-13-24-15-18/h3-7,16,18-19H,2,8-15H2,1H3,(H,21,23). The fourth-order valence-electron chi connectivity index (χ4n) is 3.96. The Morgan fingerprint density at radius 1 is 1.25 bits per heavy atom. The Labute approximate surface area is 150 Å². The average molecular weight is 347 g/mol. The molecule has 2 saturated heterocycles. The van der Waals surface area contributed by atoms with Crippen LogP contribution in [0.15, 0.2) is 30.3 Å². The fourth-order valence-corrected chi connectivity index (χ4v) is 5.21. The summed E-state index contributed by atoms with van der Waals surface area (Å²) in [5, 5.41) is 3.22. The number of thioether (sulfide) groups is 1. The van der Waals surface area contributed by atoms with Crippen LogP contribution < -0.4 is 5.32 Å². The van der Waals surface area contributed by atoms with Crippen molar-refractivity contribution in [3.05, 3.63) is 35.9 Å². The van der Waals surface area contributed by atoms with Gasteiger partial charge in [-0.3, -0.25) is 9.69 Å². The minimum absolute atomic E-state index is 0.0122. The number of carbonyl (C=O) groups excluding carboxylic acids is 1. The lowest BCUT2D eigenvalue weighted by molar-refractivity contribution is -0.122. The molecule has 1 aromatic rings. The monoisotopic (exact) mass is 346 g/mol. The van der Waals surface area contributed by atoms with Crippen LogP contribution in [0.4, 0.5) is 0 Å². The van der Waals surface area contributed by atoms with Crippen molar-refractivity contribution in [1.82, 2.24) is 10.2 Å². The molecule has 0 radical (unpaired) electrons. The van der Waals surface area contributed by atoms with Crippen LogP contribution in [-0.2, 0) is 4.79 Å². The number of benzene rings is 1. The quantitative estimate of drug-likeness (QED) is 0.855. The summed E-state index contributed by atoms with van der Waals surface area (Å²) in [7, 11) is 0. The van der Waals surface area contributed by atoms with Gasteiger partial charge in [0.1, 0.15) is 0 Å². The number of rotatable bonds is 6. The molecule has 132 valence electrons. The number of hydrogen-bond acceptors (Lipinski definition) is 3. The van der Waals surface area contributed by atoms with Crippen LogP contribution in [0.1, 0.15) is 44.1 Å². The molecule has 2 heterocycles. The summed E-state index contributed by atoms with van der Waals surface area (Å²) < 4.78 is 0. The third-order valence-corrected chi connectivity index (χ3v) is 6.71. The van der Waals surface area contributed by atoms with E-state index >= 15 is 0 Å². The van der Waals surface area contributed by atoms with E-state index < -0.39 is 0 Å². The number of nitrogens with one attached hydrogen (secondary N) is 1. The van der Waals surface area contributed by atoms with Crippen LogP contribution in [0, 0.1) is 5.92 Å². The van der Waals surface area contributed by atoms with Gasteiger partial charge in [0.2, 0.25) is 5.91 Å². The van der Waals surface area contributed by atoms with Gasteiger partial charge in [-0.25, -0.2) is 0 Å². The highest BCUT2D eigenvalue weighted by molar-refractivity contribution is 7.99. The van der Waals surface area contributed by atoms with Gasteiger partial charge in [0.25, 0.3) is 0 Å². The van der Waals surface area contributed by atoms with Gasteiger partial charge in [-0.2, -0.15) is 11.8 Å². The molecule has 1 amide bonds. The summed E-state index contributed by atoms with van der Waals surface area (Å²) >= 11 is 2.10. The van der Waals surface area contributed by atoms with E-state index in [0.29, 0.717) is 5.92 Å². The Balaban J connectivity index is 1.43. The lowest BCUT2D eigenvalue weighted by Crippen LogP contribution is -2.44. The first kappa shape index (κ1) is 17.8. The van der Waals surface area contributed by atoms with Crippen LogP contribution in [0.5, 0.6) is 0 Å². The van der Waals surface area contributed by atoms with E-state index in [0.717, 1.165) is 24.6 Å². The Morgan fingerprint density at radius 3 is 2.62 bits per heavy atom. The Kier molecular flexibility index (Phi) is 6.61. The number of nitrogens with zero attached hydrogens (tertiary/aromatic N) is 1. The highest BCUT2D eigenvalue weighted by atomic mass is 32.2. The molecule has 0 saturated carbocycles. The zero-order valence-corrected chi connectivity index (χ0v) is 15.6. The summed E-state index contributed by atoms with van der Waals surface area (Å²) in [6, 6.07) is 11.0. The number of likely N-dealkylation sites (tertiary alicyclic amines) is 1. The van der Waals surface area contributed by atoms with E-state index in [2.05, 4.69) is 41.0 Å². The zero-order valence-electron chi connectivity index (χ0n) is 14.7. The minimum Gasteiger partial charge on any atom is -0.355 e. The molecule has 2 aliphatic heterocycles. The lowest BCUT2D eigenvalue weighted by atomic mass is 9.93. The van der Waals surface area contributed by atoms with Crippen LogP contribution in [0.25, 0.3) is 0 Å². The van der Waals surface area contributed by atoms with Crippen molar-refractivity contribution in [3.63, 3.8) is 0 Å². The van der Waals surface area contributed by atoms with E-state index in [-0.39, 0.29) is 11.8 Å². The van der Waals surface area contributed by atoms with Gasteiger partial charge in [-0.15, -0.1) is 0 Å². The number of amides is 1. The van der Waals surface area contributed by atoms with E-state index in [1.165, 1.54) is 43.9 Å². The molecule has 2 unspecified atom stereocenters. The second-order valence-corrected chi connectivity index (χ2v) is 8.26. The van der Waals surface area contributed by atoms with Gasteiger partial charge in [0.05, 0.1) is 5.92 Å². The third kappa shape index (κ3) is 4.54. The zero-order chi connectivity index (χ0) is 16.8. The van der Waals surface area contributed by atoms with Gasteiger partial charge in [-0.05, 0) is 56.0 Å². The Bertz CT molecular complexity index is 508. The SMILES string of the molecule is CCC(C(=O)NCC1CCN(C2CCSC2)CC1)c1ccccc1. The van der Waals surface area contributed by atoms with Crippen molar-refractivity contribution in [2.45, 2.75) is 44.6 Å². The summed E-state index contributed by atoms with van der Waals surface area (Å²) in [4.78, 5) is 15.2. The summed E-state index contributed by atoms with van der Waals surface area (Å²) in [6.45, 7) is 5.36. The number of hydrogen-bond donors (Lipinski definition) is 1. The van der Waals surface area contributed by atoms with Gasteiger partial charge in [-0.1, -0.05) is 37.3 Å². The maximum absolute atomic E-state index is 12.6. The van der Waals surface area contributed by atoms with Crippen molar-refractivity contribution in [3.8, 4) is 0 Å². The normalized spacial score (nSPS) is 24.0. The van der Waals surface area contributed by atoms with Crippen LogP contribution >= 0.6 is 11.8 Å². The first-order chi connectivity index (χ1) is 11.8. The third-order valence-electron chi connectivity index (χ3n) is 5.56. The van der Waals surface area contributed by atoms with Crippen molar-refractivity contribution in [2.24, 2.45) is 5.92 Å². The molecule has 0 spiro atoms. The van der Waals surface area contributed by atoms with Crippen LogP contribution in [-0.4, -0.2) is 48.0 Å². The molecular formula is C20H30N2OS. The predicted octanol–water partition coefficient (Wildman–Crippen LogP) is 3.51. The van der Waals surface area contributed by atoms with E-state index in [1.54, 1.807) is 0 Å². The van der Waals surface area contributed by atoms with E-state index in [4.69, 9.17) is 0 Å². The lowest BCUT2D eigenvalue weighted by Gasteiger charge is -2.35. The first-order valence-corrected chi connectivity index (χ1v) is 10.6. The average Bonchev–Trinajstić information content (AvgIpc) is 3.17. The second-order valence-electron chi connectivity index (χ2n) is 7.11. The molecule has 2 aliphatic rings. The highest BCUT2D eigenvalue weighted by Crippen LogP contribution is 2.27. The molecule has 24 heavy (non-hydrogen) atoms. The molecule has 3 rings (SSSR count). The molecule has 0 bridgehead atoms. The fraction of sp³-hybridized carbons (Fsp3) is 0.650. The molecular weight excluding hydrogens is 316 g/mol. The van der Waals surface area contributed by atoms with Crippen molar-refractivity contribution in [1.29, 1.82) is 0 Å². The van der Waals surface area contributed by atoms with Gasteiger partial charge in [0.15, 0.2) is 0 Å². The predicted molar refractivity (Wildman–Crippen MR) is 103 cm³/mol. The second kappa shape index (κ2) is 8.91. The summed E-state index contributed by atoms with van der Waals surface area (Å²) in [5.74, 6) is 3.47. The molecule has 2 fully saturated rings. The summed E-state index contributed by atoms with van der Waals surface area (Å²) in [5.41, 5.74) is 1.13. The molecule has 0 aromatic heterocycles. The van der Waals surface area contributed by atoms with Crippen molar-refractivity contribution >= 4 is 17.7 Å². The number of carbonyl (C=O) groups is 1. The molecule has 0 aliphatic carbocycles. The van der Waals surface area contributed by atoms with Crippen LogP contribution in [0.2, 0.25) is 0 Å². The van der Waals surface area contributed by atoms with Gasteiger partial charge in [0, 0.05) is 18.3 Å². The maximum atomic E-state index is 12.6. The van der Waals surface area contributed by atoms with Crippen LogP contribution in [0.3, 0.4) is 0 Å². The molecule has 4 heteroatoms. The molecule has 2 atom stereocenters. The Morgan fingerprint density at radius 2 is 2.00 bits per heavy atom. The van der Waals surface area contributed by atoms with Crippen molar-refractivity contribution < 1.29 is 4.79 Å². The maximum Gasteiger partial charge on any atom is 0.227 e. The van der Waals surface area contributed by atoms with Gasteiger partial charge < -0.3 is 5.32 Å². The van der Waals surface area contributed by atoms with Crippen molar-refractivity contribution in [2.75, 3.05) is 31.1 Å². The molecule has 1 N–H and O–H groups in total. The highest BCUT2D eigenvalue weighted by Gasteiger charge is 2.28. The largest absolute Gasteiger partial charge is 0.355 e.